The summed E-state index contributed by atoms with van der Waals surface area (Å²) in [5.41, 5.74) is 2.92. The Kier molecular flexibility index (Phi) is 5.09. The Hall–Kier alpha value is -1.62. The number of pyridine rings is 1. The van der Waals surface area contributed by atoms with E-state index in [0.717, 1.165) is 22.6 Å². The molecule has 0 aliphatic carbocycles. The van der Waals surface area contributed by atoms with E-state index in [1.165, 1.54) is 0 Å². The molecule has 1 aromatic rings. The molecule has 0 aromatic carbocycles. The maximum Gasteiger partial charge on any atom is 0.236 e. The molecule has 0 saturated carbocycles. The van der Waals surface area contributed by atoms with E-state index >= 15 is 0 Å². The maximum atomic E-state index is 11.4. The molecule has 1 rings (SSSR count). The Labute approximate surface area is 108 Å². The predicted molar refractivity (Wildman–Crippen MR) is 70.6 cm³/mol. The van der Waals surface area contributed by atoms with Crippen LogP contribution < -0.4 is 15.4 Å². The van der Waals surface area contributed by atoms with Gasteiger partial charge in [-0.3, -0.25) is 9.78 Å². The summed E-state index contributed by atoms with van der Waals surface area (Å²) in [7, 11) is 3.28. The quantitative estimate of drug-likeness (QED) is 0.817. The summed E-state index contributed by atoms with van der Waals surface area (Å²) in [6.07, 6.45) is 1.79. The zero-order valence-electron chi connectivity index (χ0n) is 11.6. The molecular formula is C13H21N3O2. The van der Waals surface area contributed by atoms with Crippen molar-refractivity contribution in [1.29, 1.82) is 0 Å². The Balaban J connectivity index is 2.77. The van der Waals surface area contributed by atoms with Gasteiger partial charge in [-0.15, -0.1) is 0 Å². The van der Waals surface area contributed by atoms with Crippen molar-refractivity contribution in [2.24, 2.45) is 0 Å². The van der Waals surface area contributed by atoms with E-state index in [-0.39, 0.29) is 11.9 Å². The van der Waals surface area contributed by atoms with Crippen molar-refractivity contribution in [1.82, 2.24) is 15.6 Å². The highest BCUT2D eigenvalue weighted by molar-refractivity contribution is 5.80. The minimum atomic E-state index is -0.247. The van der Waals surface area contributed by atoms with Crippen LogP contribution in [0.2, 0.25) is 0 Å². The lowest BCUT2D eigenvalue weighted by atomic mass is 10.1. The number of nitrogens with one attached hydrogen (secondary N) is 2. The van der Waals surface area contributed by atoms with Gasteiger partial charge in [0.1, 0.15) is 5.75 Å². The van der Waals surface area contributed by atoms with Crippen LogP contribution in [0, 0.1) is 13.8 Å². The largest absolute Gasteiger partial charge is 0.496 e. The van der Waals surface area contributed by atoms with Crippen LogP contribution in [0.15, 0.2) is 6.20 Å². The van der Waals surface area contributed by atoms with Crippen LogP contribution in [0.25, 0.3) is 0 Å². The monoisotopic (exact) mass is 251 g/mol. The van der Waals surface area contributed by atoms with Crippen LogP contribution in [-0.4, -0.2) is 31.1 Å². The van der Waals surface area contributed by atoms with Crippen LogP contribution in [0.5, 0.6) is 5.75 Å². The second-order valence-corrected chi connectivity index (χ2v) is 4.26. The first kappa shape index (κ1) is 14.4. The van der Waals surface area contributed by atoms with Gasteiger partial charge in [-0.2, -0.15) is 0 Å². The van der Waals surface area contributed by atoms with E-state index in [2.05, 4.69) is 15.6 Å². The van der Waals surface area contributed by atoms with Crippen molar-refractivity contribution in [3.63, 3.8) is 0 Å². The minimum absolute atomic E-state index is 0.0354. The summed E-state index contributed by atoms with van der Waals surface area (Å²) < 4.78 is 5.34. The molecule has 0 spiro atoms. The topological polar surface area (TPSA) is 63.2 Å². The molecule has 18 heavy (non-hydrogen) atoms. The number of aryl methyl sites for hydroxylation is 1. The highest BCUT2D eigenvalue weighted by atomic mass is 16.5. The smallest absolute Gasteiger partial charge is 0.236 e. The lowest BCUT2D eigenvalue weighted by Gasteiger charge is -2.15. The summed E-state index contributed by atoms with van der Waals surface area (Å²) in [6, 6.07) is -0.247. The van der Waals surface area contributed by atoms with Gasteiger partial charge in [-0.25, -0.2) is 0 Å². The molecule has 0 fully saturated rings. The molecule has 5 nitrogen and oxygen atoms in total. The van der Waals surface area contributed by atoms with Crippen LogP contribution >= 0.6 is 0 Å². The lowest BCUT2D eigenvalue weighted by Crippen LogP contribution is -2.40. The van der Waals surface area contributed by atoms with E-state index in [1.54, 1.807) is 20.4 Å². The summed E-state index contributed by atoms with van der Waals surface area (Å²) in [6.45, 7) is 6.29. The average molecular weight is 251 g/mol. The van der Waals surface area contributed by atoms with E-state index in [0.29, 0.717) is 6.54 Å². The van der Waals surface area contributed by atoms with Crippen LogP contribution in [0.1, 0.15) is 23.7 Å². The molecule has 1 aromatic heterocycles. The molecular weight excluding hydrogens is 230 g/mol. The Morgan fingerprint density at radius 2 is 2.17 bits per heavy atom. The zero-order chi connectivity index (χ0) is 13.7. The second-order valence-electron chi connectivity index (χ2n) is 4.26. The average Bonchev–Trinajstić information content (AvgIpc) is 2.37. The molecule has 0 aliphatic rings. The van der Waals surface area contributed by atoms with E-state index in [4.69, 9.17) is 4.74 Å². The van der Waals surface area contributed by atoms with E-state index in [9.17, 15) is 4.79 Å². The molecule has 5 heteroatoms. The van der Waals surface area contributed by atoms with Gasteiger partial charge in [0.05, 0.1) is 18.8 Å². The number of hydrogen-bond acceptors (Lipinski definition) is 4. The molecule has 1 unspecified atom stereocenters. The number of aromatic nitrogens is 1. The molecule has 100 valence electrons. The number of amides is 1. The SMILES string of the molecule is CNC(=O)C(C)NCc1ncc(C)c(OC)c1C. The highest BCUT2D eigenvalue weighted by Crippen LogP contribution is 2.23. The summed E-state index contributed by atoms with van der Waals surface area (Å²) in [4.78, 5) is 15.7. The molecule has 1 amide bonds. The fraction of sp³-hybridized carbons (Fsp3) is 0.538. The number of carbonyl (C=O) groups excluding carboxylic acids is 1. The van der Waals surface area contributed by atoms with E-state index < -0.39 is 0 Å². The van der Waals surface area contributed by atoms with E-state index in [1.807, 2.05) is 20.8 Å². The minimum Gasteiger partial charge on any atom is -0.496 e. The number of methoxy groups -OCH3 is 1. The van der Waals surface area contributed by atoms with Gasteiger partial charge in [0.2, 0.25) is 5.91 Å². The first-order valence-electron chi connectivity index (χ1n) is 5.95. The lowest BCUT2D eigenvalue weighted by molar-refractivity contribution is -0.122. The molecule has 0 saturated heterocycles. The molecule has 1 atom stereocenters. The third-order valence-electron chi connectivity index (χ3n) is 2.97. The number of rotatable bonds is 5. The molecule has 1 heterocycles. The summed E-state index contributed by atoms with van der Waals surface area (Å²) in [5.74, 6) is 0.820. The summed E-state index contributed by atoms with van der Waals surface area (Å²) >= 11 is 0. The fourth-order valence-electron chi connectivity index (χ4n) is 1.81. The van der Waals surface area contributed by atoms with Crippen molar-refractivity contribution in [3.8, 4) is 5.75 Å². The third kappa shape index (κ3) is 3.20. The summed E-state index contributed by atoms with van der Waals surface area (Å²) in [5, 5.41) is 5.73. The third-order valence-corrected chi connectivity index (χ3v) is 2.97. The number of carbonyl (C=O) groups is 1. The molecule has 0 bridgehead atoms. The number of nitrogens with zero attached hydrogens (tertiary/aromatic N) is 1. The predicted octanol–water partition coefficient (Wildman–Crippen LogP) is 0.931. The second kappa shape index (κ2) is 6.35. The molecule has 2 N–H and O–H groups in total. The van der Waals surface area contributed by atoms with Crippen molar-refractivity contribution in [3.05, 3.63) is 23.0 Å². The van der Waals surface area contributed by atoms with Crippen molar-refractivity contribution >= 4 is 5.91 Å². The Morgan fingerprint density at radius 3 is 2.72 bits per heavy atom. The highest BCUT2D eigenvalue weighted by Gasteiger charge is 2.13. The number of likely N-dealkylation sites (N-methyl/N-ethyl adjacent to an activating group) is 1. The van der Waals surface area contributed by atoms with Crippen molar-refractivity contribution in [2.75, 3.05) is 14.2 Å². The fourth-order valence-corrected chi connectivity index (χ4v) is 1.81. The van der Waals surface area contributed by atoms with Gasteiger partial charge in [0.15, 0.2) is 0 Å². The number of hydrogen-bond donors (Lipinski definition) is 2. The van der Waals surface area contributed by atoms with Crippen LogP contribution in [-0.2, 0) is 11.3 Å². The first-order valence-corrected chi connectivity index (χ1v) is 5.95. The molecule has 0 radical (unpaired) electrons. The Morgan fingerprint density at radius 1 is 1.50 bits per heavy atom. The van der Waals surface area contributed by atoms with Gasteiger partial charge >= 0.3 is 0 Å². The normalized spacial score (nSPS) is 12.1. The Bertz CT molecular complexity index is 432. The van der Waals surface area contributed by atoms with Gasteiger partial charge < -0.3 is 15.4 Å². The van der Waals surface area contributed by atoms with Gasteiger partial charge in [-0.05, 0) is 20.8 Å². The van der Waals surface area contributed by atoms with Crippen LogP contribution in [0.3, 0.4) is 0 Å². The first-order chi connectivity index (χ1) is 8.51. The van der Waals surface area contributed by atoms with Gasteiger partial charge in [0, 0.05) is 30.9 Å². The van der Waals surface area contributed by atoms with Crippen molar-refractivity contribution in [2.45, 2.75) is 33.4 Å². The number of ether oxygens (including phenoxy) is 1. The van der Waals surface area contributed by atoms with Gasteiger partial charge in [0.25, 0.3) is 0 Å². The molecule has 0 aliphatic heterocycles. The maximum absolute atomic E-state index is 11.4. The van der Waals surface area contributed by atoms with Crippen molar-refractivity contribution < 1.29 is 9.53 Å². The zero-order valence-corrected chi connectivity index (χ0v) is 11.6. The van der Waals surface area contributed by atoms with Crippen LogP contribution in [0.4, 0.5) is 0 Å². The van der Waals surface area contributed by atoms with Gasteiger partial charge in [-0.1, -0.05) is 0 Å². The standard InChI is InChI=1S/C13H21N3O2/c1-8-6-16-11(9(2)12(8)18-5)7-15-10(3)13(17)14-4/h6,10,15H,7H2,1-5H3,(H,14,17).